The molecule has 0 atom stereocenters. The fourth-order valence-corrected chi connectivity index (χ4v) is 2.48. The maximum Gasteiger partial charge on any atom is 0.335 e. The summed E-state index contributed by atoms with van der Waals surface area (Å²) < 4.78 is 0. The monoisotopic (exact) mass is 283 g/mol. The van der Waals surface area contributed by atoms with Gasteiger partial charge in [0.15, 0.2) is 0 Å². The summed E-state index contributed by atoms with van der Waals surface area (Å²) in [5, 5.41) is 8.99. The maximum absolute atomic E-state index is 10.9. The van der Waals surface area contributed by atoms with Crippen LogP contribution in [0.1, 0.15) is 32.6 Å². The number of carbonyl (C=O) groups is 1. The molecule has 2 rings (SSSR count). The minimum atomic E-state index is -0.877. The zero-order valence-electron chi connectivity index (χ0n) is 12.8. The van der Waals surface area contributed by atoms with Gasteiger partial charge in [-0.3, -0.25) is 4.90 Å². The molecule has 0 bridgehead atoms. The number of hydrogen-bond donors (Lipinski definition) is 1. The van der Waals surface area contributed by atoms with Crippen LogP contribution in [0, 0.1) is 13.8 Å². The molecule has 0 amide bonds. The predicted molar refractivity (Wildman–Crippen MR) is 84.5 cm³/mol. The Kier molecular flexibility index (Phi) is 4.76. The lowest BCUT2D eigenvalue weighted by Gasteiger charge is -2.18. The summed E-state index contributed by atoms with van der Waals surface area (Å²) in [5.74, 6) is -0.877. The number of aromatic carboxylic acids is 1. The third-order valence-corrected chi connectivity index (χ3v) is 3.56. The molecular formula is C18H21NO2. The van der Waals surface area contributed by atoms with Gasteiger partial charge in [0.25, 0.3) is 0 Å². The van der Waals surface area contributed by atoms with Crippen LogP contribution >= 0.6 is 0 Å². The van der Waals surface area contributed by atoms with Gasteiger partial charge in [-0.2, -0.15) is 0 Å². The van der Waals surface area contributed by atoms with Gasteiger partial charge in [0.2, 0.25) is 0 Å². The topological polar surface area (TPSA) is 40.5 Å². The zero-order chi connectivity index (χ0) is 15.4. The second kappa shape index (κ2) is 6.55. The Morgan fingerprint density at radius 1 is 1.10 bits per heavy atom. The van der Waals surface area contributed by atoms with Crippen LogP contribution in [0.3, 0.4) is 0 Å². The first-order valence-electron chi connectivity index (χ1n) is 7.02. The van der Waals surface area contributed by atoms with Crippen molar-refractivity contribution in [3.63, 3.8) is 0 Å². The van der Waals surface area contributed by atoms with E-state index >= 15 is 0 Å². The Balaban J connectivity index is 2.06. The molecule has 0 saturated carbocycles. The van der Waals surface area contributed by atoms with E-state index in [0.717, 1.165) is 24.2 Å². The van der Waals surface area contributed by atoms with Crippen molar-refractivity contribution in [2.24, 2.45) is 0 Å². The zero-order valence-corrected chi connectivity index (χ0v) is 12.8. The maximum atomic E-state index is 10.9. The highest BCUT2D eigenvalue weighted by atomic mass is 16.4. The van der Waals surface area contributed by atoms with Gasteiger partial charge in [-0.25, -0.2) is 4.79 Å². The normalized spacial score (nSPS) is 10.9. The molecule has 110 valence electrons. The van der Waals surface area contributed by atoms with Crippen LogP contribution in [0.5, 0.6) is 0 Å². The SMILES string of the molecule is Cc1cccc(CN(C)Cc2ccc(C(=O)O)cc2C)c1. The Labute approximate surface area is 125 Å². The van der Waals surface area contributed by atoms with Crippen LogP contribution in [0.2, 0.25) is 0 Å². The van der Waals surface area contributed by atoms with Gasteiger partial charge < -0.3 is 5.11 Å². The van der Waals surface area contributed by atoms with Crippen LogP contribution in [-0.4, -0.2) is 23.0 Å². The molecule has 3 nitrogen and oxygen atoms in total. The third kappa shape index (κ3) is 4.17. The van der Waals surface area contributed by atoms with Crippen molar-refractivity contribution >= 4 is 5.97 Å². The van der Waals surface area contributed by atoms with Gasteiger partial charge in [0.05, 0.1) is 5.56 Å². The van der Waals surface area contributed by atoms with Gasteiger partial charge in [-0.1, -0.05) is 35.9 Å². The fraction of sp³-hybridized carbons (Fsp3) is 0.278. The lowest BCUT2D eigenvalue weighted by molar-refractivity contribution is 0.0696. The van der Waals surface area contributed by atoms with Crippen LogP contribution in [0.25, 0.3) is 0 Å². The lowest BCUT2D eigenvalue weighted by atomic mass is 10.0. The van der Waals surface area contributed by atoms with Gasteiger partial charge >= 0.3 is 5.97 Å². The molecule has 3 heteroatoms. The highest BCUT2D eigenvalue weighted by Gasteiger charge is 2.08. The van der Waals surface area contributed by atoms with Crippen molar-refractivity contribution in [1.82, 2.24) is 4.90 Å². The molecule has 1 N–H and O–H groups in total. The Morgan fingerprint density at radius 2 is 1.86 bits per heavy atom. The van der Waals surface area contributed by atoms with Crippen LogP contribution in [-0.2, 0) is 13.1 Å². The molecule has 0 aliphatic carbocycles. The summed E-state index contributed by atoms with van der Waals surface area (Å²) in [5.41, 5.74) is 5.08. The summed E-state index contributed by atoms with van der Waals surface area (Å²) in [6, 6.07) is 13.8. The van der Waals surface area contributed by atoms with Crippen LogP contribution in [0.15, 0.2) is 42.5 Å². The molecule has 0 fully saturated rings. The smallest absolute Gasteiger partial charge is 0.335 e. The van der Waals surface area contributed by atoms with Gasteiger partial charge in [-0.15, -0.1) is 0 Å². The first-order valence-corrected chi connectivity index (χ1v) is 7.02. The number of nitrogens with zero attached hydrogens (tertiary/aromatic N) is 1. The summed E-state index contributed by atoms with van der Waals surface area (Å²) in [4.78, 5) is 13.2. The summed E-state index contributed by atoms with van der Waals surface area (Å²) in [7, 11) is 2.08. The first kappa shape index (κ1) is 15.3. The van der Waals surface area contributed by atoms with E-state index in [9.17, 15) is 4.79 Å². The summed E-state index contributed by atoms with van der Waals surface area (Å²) in [6.45, 7) is 5.74. The molecule has 2 aromatic rings. The third-order valence-electron chi connectivity index (χ3n) is 3.56. The van der Waals surface area contributed by atoms with Crippen molar-refractivity contribution in [3.05, 3.63) is 70.3 Å². The second-order valence-corrected chi connectivity index (χ2v) is 5.61. The van der Waals surface area contributed by atoms with E-state index < -0.39 is 5.97 Å². The van der Waals surface area contributed by atoms with E-state index in [2.05, 4.69) is 43.1 Å². The minimum Gasteiger partial charge on any atom is -0.478 e. The van der Waals surface area contributed by atoms with E-state index in [0.29, 0.717) is 5.56 Å². The molecule has 2 aromatic carbocycles. The van der Waals surface area contributed by atoms with Crippen molar-refractivity contribution in [2.75, 3.05) is 7.05 Å². The van der Waals surface area contributed by atoms with E-state index in [1.165, 1.54) is 11.1 Å². The lowest BCUT2D eigenvalue weighted by Crippen LogP contribution is -2.18. The van der Waals surface area contributed by atoms with Gasteiger partial charge in [-0.05, 0) is 49.7 Å². The largest absolute Gasteiger partial charge is 0.478 e. The molecular weight excluding hydrogens is 262 g/mol. The van der Waals surface area contributed by atoms with Gasteiger partial charge in [0, 0.05) is 13.1 Å². The molecule has 0 heterocycles. The van der Waals surface area contributed by atoms with Crippen LogP contribution < -0.4 is 0 Å². The van der Waals surface area contributed by atoms with E-state index in [1.807, 2.05) is 13.0 Å². The van der Waals surface area contributed by atoms with E-state index in [4.69, 9.17) is 5.11 Å². The molecule has 0 spiro atoms. The number of hydrogen-bond acceptors (Lipinski definition) is 2. The Morgan fingerprint density at radius 3 is 2.48 bits per heavy atom. The average molecular weight is 283 g/mol. The Hall–Kier alpha value is -2.13. The molecule has 0 unspecified atom stereocenters. The molecule has 0 saturated heterocycles. The van der Waals surface area contributed by atoms with Gasteiger partial charge in [0.1, 0.15) is 0 Å². The standard InChI is InChI=1S/C18H21NO2/c1-13-5-4-6-15(9-13)11-19(3)12-17-8-7-16(18(20)21)10-14(17)2/h4-10H,11-12H2,1-3H3,(H,20,21). The summed E-state index contributed by atoms with van der Waals surface area (Å²) in [6.07, 6.45) is 0. The molecule has 0 aliphatic rings. The molecule has 0 aliphatic heterocycles. The minimum absolute atomic E-state index is 0.345. The molecule has 0 radical (unpaired) electrons. The fourth-order valence-electron chi connectivity index (χ4n) is 2.48. The molecule has 21 heavy (non-hydrogen) atoms. The summed E-state index contributed by atoms with van der Waals surface area (Å²) >= 11 is 0. The van der Waals surface area contributed by atoms with Crippen molar-refractivity contribution in [1.29, 1.82) is 0 Å². The van der Waals surface area contributed by atoms with E-state index in [-0.39, 0.29) is 0 Å². The number of carboxylic acid groups (broad SMARTS) is 1. The van der Waals surface area contributed by atoms with Crippen LogP contribution in [0.4, 0.5) is 0 Å². The van der Waals surface area contributed by atoms with Crippen molar-refractivity contribution in [2.45, 2.75) is 26.9 Å². The highest BCUT2D eigenvalue weighted by Crippen LogP contribution is 2.15. The first-order chi connectivity index (χ1) is 9.95. The quantitative estimate of drug-likeness (QED) is 0.911. The average Bonchev–Trinajstić information content (AvgIpc) is 2.40. The van der Waals surface area contributed by atoms with E-state index in [1.54, 1.807) is 12.1 Å². The van der Waals surface area contributed by atoms with Crippen molar-refractivity contribution in [3.8, 4) is 0 Å². The predicted octanol–water partition coefficient (Wildman–Crippen LogP) is 3.63. The number of rotatable bonds is 5. The van der Waals surface area contributed by atoms with Crippen molar-refractivity contribution < 1.29 is 9.90 Å². The second-order valence-electron chi connectivity index (χ2n) is 5.61. The Bertz CT molecular complexity index is 649. The number of aryl methyl sites for hydroxylation is 2. The highest BCUT2D eigenvalue weighted by molar-refractivity contribution is 5.87. The number of carboxylic acids is 1. The molecule has 0 aromatic heterocycles. The number of benzene rings is 2.